The molecule has 0 heterocycles. The lowest BCUT2D eigenvalue weighted by molar-refractivity contribution is -0.119. The van der Waals surface area contributed by atoms with E-state index in [1.165, 1.54) is 12.8 Å². The highest BCUT2D eigenvalue weighted by Crippen LogP contribution is 2.31. The molecule has 5 N–H and O–H groups in total. The fourth-order valence-corrected chi connectivity index (χ4v) is 0.995. The van der Waals surface area contributed by atoms with Crippen LogP contribution in [0.5, 0.6) is 0 Å². The number of carbonyl (C=O) groups excluding carboxylic acids is 1. The fourth-order valence-electron chi connectivity index (χ4n) is 0.995. The molecule has 0 bridgehead atoms. The van der Waals surface area contributed by atoms with Crippen molar-refractivity contribution < 1.29 is 4.79 Å². The van der Waals surface area contributed by atoms with Gasteiger partial charge in [-0.2, -0.15) is 0 Å². The van der Waals surface area contributed by atoms with Crippen molar-refractivity contribution in [2.75, 3.05) is 13.1 Å². The average Bonchev–Trinajstić information content (AvgIpc) is 2.81. The molecular formula is C7H15N3O. The number of nitrogens with two attached hydrogens (primary N) is 2. The molecule has 0 radical (unpaired) electrons. The maximum atomic E-state index is 10.7. The van der Waals surface area contributed by atoms with Gasteiger partial charge < -0.3 is 16.8 Å². The van der Waals surface area contributed by atoms with Crippen LogP contribution in [0.25, 0.3) is 0 Å². The van der Waals surface area contributed by atoms with Crippen molar-refractivity contribution in [1.82, 2.24) is 5.32 Å². The molecule has 1 fully saturated rings. The minimum Gasteiger partial charge on any atom is -0.353 e. The summed E-state index contributed by atoms with van der Waals surface area (Å²) in [5.41, 5.74) is 10.8. The Bertz CT molecular complexity index is 145. The van der Waals surface area contributed by atoms with Gasteiger partial charge in [-0.3, -0.25) is 4.79 Å². The Morgan fingerprint density at radius 3 is 2.73 bits per heavy atom. The van der Waals surface area contributed by atoms with Crippen molar-refractivity contribution in [2.45, 2.75) is 18.9 Å². The van der Waals surface area contributed by atoms with E-state index in [1.807, 2.05) is 0 Å². The van der Waals surface area contributed by atoms with Crippen LogP contribution in [0, 0.1) is 5.92 Å². The molecule has 0 aromatic carbocycles. The Morgan fingerprint density at radius 2 is 2.27 bits per heavy atom. The van der Waals surface area contributed by atoms with Gasteiger partial charge in [-0.1, -0.05) is 0 Å². The van der Waals surface area contributed by atoms with Crippen molar-refractivity contribution in [3.05, 3.63) is 0 Å². The van der Waals surface area contributed by atoms with Gasteiger partial charge in [-0.25, -0.2) is 0 Å². The van der Waals surface area contributed by atoms with E-state index >= 15 is 0 Å². The van der Waals surface area contributed by atoms with Crippen LogP contribution in [0.1, 0.15) is 12.8 Å². The van der Waals surface area contributed by atoms with Gasteiger partial charge in [-0.15, -0.1) is 0 Å². The van der Waals surface area contributed by atoms with Crippen LogP contribution < -0.4 is 16.8 Å². The second-order valence-corrected chi connectivity index (χ2v) is 3.01. The van der Waals surface area contributed by atoms with E-state index < -0.39 is 0 Å². The van der Waals surface area contributed by atoms with Crippen LogP contribution in [-0.4, -0.2) is 25.0 Å². The summed E-state index contributed by atoms with van der Waals surface area (Å²) in [7, 11) is 0. The van der Waals surface area contributed by atoms with Crippen molar-refractivity contribution in [3.63, 3.8) is 0 Å². The average molecular weight is 157 g/mol. The predicted octanol–water partition coefficient (Wildman–Crippen LogP) is -1.20. The van der Waals surface area contributed by atoms with Crippen LogP contribution in [-0.2, 0) is 4.79 Å². The molecule has 64 valence electrons. The third-order valence-corrected chi connectivity index (χ3v) is 1.95. The molecule has 1 atom stereocenters. The lowest BCUT2D eigenvalue weighted by atomic mass is 10.2. The van der Waals surface area contributed by atoms with Crippen LogP contribution in [0.4, 0.5) is 0 Å². The molecule has 0 aliphatic heterocycles. The minimum atomic E-state index is -0.124. The Balaban J connectivity index is 2.05. The van der Waals surface area contributed by atoms with Gasteiger partial charge >= 0.3 is 0 Å². The van der Waals surface area contributed by atoms with Gasteiger partial charge in [0.25, 0.3) is 0 Å². The number of nitrogens with one attached hydrogen (secondary N) is 1. The smallest absolute Gasteiger partial charge is 0.233 e. The van der Waals surface area contributed by atoms with Gasteiger partial charge in [-0.05, 0) is 18.8 Å². The van der Waals surface area contributed by atoms with E-state index in [9.17, 15) is 4.79 Å². The maximum Gasteiger partial charge on any atom is 0.233 e. The summed E-state index contributed by atoms with van der Waals surface area (Å²) in [4.78, 5) is 10.7. The largest absolute Gasteiger partial charge is 0.353 e. The molecular weight excluding hydrogens is 142 g/mol. The van der Waals surface area contributed by atoms with Crippen molar-refractivity contribution in [3.8, 4) is 0 Å². The van der Waals surface area contributed by atoms with Gasteiger partial charge in [0.05, 0.1) is 6.54 Å². The van der Waals surface area contributed by atoms with Gasteiger partial charge in [0.1, 0.15) is 0 Å². The van der Waals surface area contributed by atoms with Crippen LogP contribution in [0.15, 0.2) is 0 Å². The second-order valence-electron chi connectivity index (χ2n) is 3.01. The van der Waals surface area contributed by atoms with E-state index in [2.05, 4.69) is 5.32 Å². The second kappa shape index (κ2) is 3.69. The molecule has 1 saturated carbocycles. The van der Waals surface area contributed by atoms with Crippen LogP contribution >= 0.6 is 0 Å². The Hall–Kier alpha value is -0.610. The van der Waals surface area contributed by atoms with Gasteiger partial charge in [0.15, 0.2) is 0 Å². The molecule has 4 heteroatoms. The maximum absolute atomic E-state index is 10.7. The number of hydrogen-bond donors (Lipinski definition) is 3. The highest BCUT2D eigenvalue weighted by molar-refractivity contribution is 5.77. The topological polar surface area (TPSA) is 81.1 Å². The summed E-state index contributed by atoms with van der Waals surface area (Å²) in [6.07, 6.45) is 2.42. The van der Waals surface area contributed by atoms with E-state index in [1.54, 1.807) is 0 Å². The third kappa shape index (κ3) is 2.86. The first-order valence-electron chi connectivity index (χ1n) is 3.96. The normalized spacial score (nSPS) is 19.5. The first-order valence-corrected chi connectivity index (χ1v) is 3.96. The van der Waals surface area contributed by atoms with Crippen LogP contribution in [0.3, 0.4) is 0 Å². The van der Waals surface area contributed by atoms with Gasteiger partial charge in [0, 0.05) is 12.6 Å². The Kier molecular flexibility index (Phi) is 2.84. The molecule has 0 saturated heterocycles. The fraction of sp³-hybridized carbons (Fsp3) is 0.857. The molecule has 0 spiro atoms. The molecule has 1 aliphatic carbocycles. The quantitative estimate of drug-likeness (QED) is 0.479. The summed E-state index contributed by atoms with van der Waals surface area (Å²) in [5, 5.41) is 2.66. The molecule has 1 unspecified atom stereocenters. The summed E-state index contributed by atoms with van der Waals surface area (Å²) in [6, 6.07) is 0.130. The monoisotopic (exact) mass is 157 g/mol. The number of hydrogen-bond acceptors (Lipinski definition) is 3. The zero-order chi connectivity index (χ0) is 8.27. The molecule has 1 rings (SSSR count). The zero-order valence-electron chi connectivity index (χ0n) is 6.55. The number of carbonyl (C=O) groups is 1. The highest BCUT2D eigenvalue weighted by atomic mass is 16.1. The predicted molar refractivity (Wildman–Crippen MR) is 42.8 cm³/mol. The molecule has 4 nitrogen and oxygen atoms in total. The van der Waals surface area contributed by atoms with E-state index in [4.69, 9.17) is 11.5 Å². The minimum absolute atomic E-state index is 0.0530. The molecule has 1 aliphatic rings. The van der Waals surface area contributed by atoms with E-state index in [0.717, 1.165) is 0 Å². The summed E-state index contributed by atoms with van der Waals surface area (Å²) < 4.78 is 0. The highest BCUT2D eigenvalue weighted by Gasteiger charge is 2.28. The molecule has 0 aromatic rings. The lowest BCUT2D eigenvalue weighted by Gasteiger charge is -2.10. The van der Waals surface area contributed by atoms with Crippen molar-refractivity contribution in [2.24, 2.45) is 17.4 Å². The summed E-state index contributed by atoms with van der Waals surface area (Å²) >= 11 is 0. The zero-order valence-corrected chi connectivity index (χ0v) is 6.55. The van der Waals surface area contributed by atoms with E-state index in [0.29, 0.717) is 12.5 Å². The summed E-state index contributed by atoms with van der Waals surface area (Å²) in [6.45, 7) is 0.623. The first-order chi connectivity index (χ1) is 5.24. The van der Waals surface area contributed by atoms with Gasteiger partial charge in [0.2, 0.25) is 5.91 Å². The molecule has 0 aromatic heterocycles. The number of rotatable bonds is 4. The van der Waals surface area contributed by atoms with E-state index in [-0.39, 0.29) is 18.5 Å². The summed E-state index contributed by atoms with van der Waals surface area (Å²) in [5.74, 6) is 0.508. The van der Waals surface area contributed by atoms with Crippen molar-refractivity contribution in [1.29, 1.82) is 0 Å². The molecule has 1 amide bonds. The van der Waals surface area contributed by atoms with Crippen molar-refractivity contribution >= 4 is 5.91 Å². The van der Waals surface area contributed by atoms with Crippen LogP contribution in [0.2, 0.25) is 0 Å². The number of amides is 1. The molecule has 11 heavy (non-hydrogen) atoms. The first kappa shape index (κ1) is 8.49. The Morgan fingerprint density at radius 1 is 1.64 bits per heavy atom. The standard InChI is InChI=1S/C7H15N3O/c8-3-7(11)10-4-6(9)5-1-2-5/h5-6H,1-4,8-9H2,(H,10,11). The Labute approximate surface area is 66.3 Å². The SMILES string of the molecule is NCC(=O)NCC(N)C1CC1. The third-order valence-electron chi connectivity index (χ3n) is 1.95. The lowest BCUT2D eigenvalue weighted by Crippen LogP contribution is -2.40.